The number of carbonyl (C=O) groups excluding carboxylic acids is 1. The Balaban J connectivity index is 2.22. The van der Waals surface area contributed by atoms with Crippen molar-refractivity contribution in [3.8, 4) is 0 Å². The first kappa shape index (κ1) is 13.8. The first-order valence-electron chi connectivity index (χ1n) is 6.68. The van der Waals surface area contributed by atoms with E-state index < -0.39 is 0 Å². The smallest absolute Gasteiger partial charge is 0.272 e. The van der Waals surface area contributed by atoms with Crippen molar-refractivity contribution in [1.29, 1.82) is 0 Å². The van der Waals surface area contributed by atoms with E-state index in [0.717, 1.165) is 18.5 Å². The summed E-state index contributed by atoms with van der Waals surface area (Å²) < 4.78 is 0. The van der Waals surface area contributed by atoms with Crippen LogP contribution in [0.1, 0.15) is 29.8 Å². The fraction of sp³-hybridized carbons (Fsp3) is 0.571. The summed E-state index contributed by atoms with van der Waals surface area (Å²) in [6.45, 7) is 0.722. The van der Waals surface area contributed by atoms with Gasteiger partial charge in [-0.05, 0) is 31.4 Å². The molecule has 1 saturated carbocycles. The molecule has 0 aromatic carbocycles. The van der Waals surface area contributed by atoms with Crippen molar-refractivity contribution in [2.75, 3.05) is 32.1 Å². The third-order valence-electron chi connectivity index (χ3n) is 3.56. The molecule has 0 atom stereocenters. The van der Waals surface area contributed by atoms with E-state index in [1.165, 1.54) is 11.3 Å². The molecule has 1 amide bonds. The van der Waals surface area contributed by atoms with E-state index in [1.807, 2.05) is 12.1 Å². The number of hydrogen-bond acceptors (Lipinski definition) is 4. The molecule has 2 rings (SSSR count). The second-order valence-electron chi connectivity index (χ2n) is 5.10. The average molecular weight is 263 g/mol. The Kier molecular flexibility index (Phi) is 4.37. The highest BCUT2D eigenvalue weighted by molar-refractivity contribution is 5.92. The Morgan fingerprint density at radius 3 is 2.74 bits per heavy atom. The van der Waals surface area contributed by atoms with Gasteiger partial charge in [0.1, 0.15) is 5.69 Å². The number of rotatable bonds is 5. The number of pyridine rings is 1. The molecule has 0 aliphatic heterocycles. The number of aliphatic hydroxyl groups excluding tert-OH is 1. The van der Waals surface area contributed by atoms with E-state index >= 15 is 0 Å². The Hall–Kier alpha value is -1.62. The highest BCUT2D eigenvalue weighted by Gasteiger charge is 2.25. The van der Waals surface area contributed by atoms with Crippen LogP contribution in [0.2, 0.25) is 0 Å². The summed E-state index contributed by atoms with van der Waals surface area (Å²) in [5.41, 5.74) is 1.42. The zero-order valence-corrected chi connectivity index (χ0v) is 11.5. The lowest BCUT2D eigenvalue weighted by Crippen LogP contribution is -2.42. The lowest BCUT2D eigenvalue weighted by molar-refractivity contribution is 0.0822. The quantitative estimate of drug-likeness (QED) is 0.865. The number of amides is 1. The van der Waals surface area contributed by atoms with Gasteiger partial charge in [0, 0.05) is 38.6 Å². The molecule has 0 bridgehead atoms. The molecule has 5 nitrogen and oxygen atoms in total. The van der Waals surface area contributed by atoms with Gasteiger partial charge in [0.15, 0.2) is 0 Å². The van der Waals surface area contributed by atoms with E-state index in [9.17, 15) is 9.90 Å². The minimum absolute atomic E-state index is 0.0978. The van der Waals surface area contributed by atoms with Gasteiger partial charge in [-0.25, -0.2) is 0 Å². The predicted molar refractivity (Wildman–Crippen MR) is 74.3 cm³/mol. The third-order valence-corrected chi connectivity index (χ3v) is 3.56. The molecular formula is C14H21N3O2. The second-order valence-corrected chi connectivity index (χ2v) is 5.10. The summed E-state index contributed by atoms with van der Waals surface area (Å²) in [5, 5.41) is 9.20. The van der Waals surface area contributed by atoms with Gasteiger partial charge in [-0.1, -0.05) is 0 Å². The van der Waals surface area contributed by atoms with Crippen molar-refractivity contribution in [3.63, 3.8) is 0 Å². The first-order chi connectivity index (χ1) is 9.13. The lowest BCUT2D eigenvalue weighted by Gasteiger charge is -2.39. The normalized spacial score (nSPS) is 14.9. The van der Waals surface area contributed by atoms with Crippen LogP contribution in [0, 0.1) is 0 Å². The van der Waals surface area contributed by atoms with Crippen LogP contribution in [0.25, 0.3) is 0 Å². The molecule has 1 aliphatic carbocycles. The van der Waals surface area contributed by atoms with Crippen LogP contribution in [-0.4, -0.2) is 54.2 Å². The number of hydrogen-bond donors (Lipinski definition) is 1. The number of anilines is 1. The summed E-state index contributed by atoms with van der Waals surface area (Å²) in [4.78, 5) is 19.7. The molecular weight excluding hydrogens is 242 g/mol. The van der Waals surface area contributed by atoms with Crippen LogP contribution in [0.4, 0.5) is 5.69 Å². The molecule has 1 aromatic rings. The van der Waals surface area contributed by atoms with Crippen LogP contribution in [0.5, 0.6) is 0 Å². The molecule has 0 unspecified atom stereocenters. The first-order valence-corrected chi connectivity index (χ1v) is 6.68. The maximum atomic E-state index is 11.9. The van der Waals surface area contributed by atoms with E-state index in [0.29, 0.717) is 18.3 Å². The van der Waals surface area contributed by atoms with Gasteiger partial charge >= 0.3 is 0 Å². The maximum Gasteiger partial charge on any atom is 0.272 e. The zero-order valence-electron chi connectivity index (χ0n) is 11.5. The topological polar surface area (TPSA) is 56.7 Å². The molecule has 1 N–H and O–H groups in total. The van der Waals surface area contributed by atoms with Gasteiger partial charge in [0.25, 0.3) is 5.91 Å². The van der Waals surface area contributed by atoms with Crippen LogP contribution in [0.3, 0.4) is 0 Å². The minimum atomic E-state index is -0.0978. The van der Waals surface area contributed by atoms with E-state index in [1.54, 1.807) is 20.3 Å². The molecule has 5 heteroatoms. The maximum absolute atomic E-state index is 11.9. The minimum Gasteiger partial charge on any atom is -0.395 e. The summed E-state index contributed by atoms with van der Waals surface area (Å²) in [6, 6.07) is 4.20. The van der Waals surface area contributed by atoms with Gasteiger partial charge < -0.3 is 14.9 Å². The Labute approximate surface area is 113 Å². The van der Waals surface area contributed by atoms with Crippen molar-refractivity contribution >= 4 is 11.6 Å². The van der Waals surface area contributed by atoms with Crippen molar-refractivity contribution in [3.05, 3.63) is 24.0 Å². The number of aliphatic hydroxyl groups is 1. The fourth-order valence-corrected chi connectivity index (χ4v) is 2.27. The van der Waals surface area contributed by atoms with E-state index in [-0.39, 0.29) is 12.5 Å². The van der Waals surface area contributed by atoms with Crippen LogP contribution >= 0.6 is 0 Å². The summed E-state index contributed by atoms with van der Waals surface area (Å²) in [6.07, 6.45) is 5.20. The molecule has 104 valence electrons. The van der Waals surface area contributed by atoms with Gasteiger partial charge in [-0.2, -0.15) is 0 Å². The monoisotopic (exact) mass is 263 g/mol. The van der Waals surface area contributed by atoms with E-state index in [4.69, 9.17) is 0 Å². The number of aromatic nitrogens is 1. The van der Waals surface area contributed by atoms with Crippen molar-refractivity contribution < 1.29 is 9.90 Å². The average Bonchev–Trinajstić information content (AvgIpc) is 2.35. The molecule has 0 spiro atoms. The highest BCUT2D eigenvalue weighted by atomic mass is 16.3. The Morgan fingerprint density at radius 1 is 1.47 bits per heavy atom. The molecule has 1 aromatic heterocycles. The predicted octanol–water partition coefficient (Wildman–Crippen LogP) is 1.13. The largest absolute Gasteiger partial charge is 0.395 e. The lowest BCUT2D eigenvalue weighted by atomic mass is 9.91. The second kappa shape index (κ2) is 6.02. The number of carbonyl (C=O) groups is 1. The molecule has 1 aliphatic rings. The van der Waals surface area contributed by atoms with Crippen LogP contribution in [-0.2, 0) is 0 Å². The summed E-state index contributed by atoms with van der Waals surface area (Å²) in [5.74, 6) is -0.0978. The molecule has 1 fully saturated rings. The third kappa shape index (κ3) is 3.04. The van der Waals surface area contributed by atoms with Gasteiger partial charge in [0.05, 0.1) is 6.61 Å². The Morgan fingerprint density at radius 2 is 2.21 bits per heavy atom. The van der Waals surface area contributed by atoms with Gasteiger partial charge in [-0.15, -0.1) is 0 Å². The summed E-state index contributed by atoms with van der Waals surface area (Å²) in [7, 11) is 3.43. The molecule has 1 heterocycles. The van der Waals surface area contributed by atoms with Crippen molar-refractivity contribution in [2.24, 2.45) is 0 Å². The standard InChI is InChI=1S/C14H21N3O2/c1-16(2)14(19)13-10-12(6-7-15-13)17(8-9-18)11-4-3-5-11/h6-7,10-11,18H,3-5,8-9H2,1-2H3. The molecule has 19 heavy (non-hydrogen) atoms. The van der Waals surface area contributed by atoms with Crippen LogP contribution in [0.15, 0.2) is 18.3 Å². The van der Waals surface area contributed by atoms with Gasteiger partial charge in [-0.3, -0.25) is 9.78 Å². The van der Waals surface area contributed by atoms with Crippen molar-refractivity contribution in [1.82, 2.24) is 9.88 Å². The Bertz CT molecular complexity index is 444. The van der Waals surface area contributed by atoms with E-state index in [2.05, 4.69) is 9.88 Å². The van der Waals surface area contributed by atoms with Crippen molar-refractivity contribution in [2.45, 2.75) is 25.3 Å². The SMILES string of the molecule is CN(C)C(=O)c1cc(N(CCO)C2CCC2)ccn1. The number of nitrogens with zero attached hydrogens (tertiary/aromatic N) is 3. The van der Waals surface area contributed by atoms with Gasteiger partial charge in [0.2, 0.25) is 0 Å². The van der Waals surface area contributed by atoms with Crippen LogP contribution < -0.4 is 4.90 Å². The summed E-state index contributed by atoms with van der Waals surface area (Å²) >= 11 is 0. The highest BCUT2D eigenvalue weighted by Crippen LogP contribution is 2.29. The molecule has 0 radical (unpaired) electrons. The fourth-order valence-electron chi connectivity index (χ4n) is 2.27. The zero-order chi connectivity index (χ0) is 13.8. The molecule has 0 saturated heterocycles.